The van der Waals surface area contributed by atoms with Crippen LogP contribution in [0.15, 0.2) is 12.3 Å². The molecule has 4 heteroatoms. The first-order chi connectivity index (χ1) is 9.96. The van der Waals surface area contributed by atoms with Gasteiger partial charge in [0.25, 0.3) is 0 Å². The van der Waals surface area contributed by atoms with E-state index >= 15 is 0 Å². The van der Waals surface area contributed by atoms with E-state index in [0.29, 0.717) is 6.54 Å². The molecule has 1 unspecified atom stereocenters. The van der Waals surface area contributed by atoms with Gasteiger partial charge in [0.15, 0.2) is 0 Å². The Kier molecular flexibility index (Phi) is 3.82. The normalized spacial score (nSPS) is 24.7. The maximum Gasteiger partial charge on any atom is 0.242 e. The lowest BCUT2D eigenvalue weighted by atomic mass is 9.75. The molecule has 0 radical (unpaired) electrons. The van der Waals surface area contributed by atoms with Crippen molar-refractivity contribution in [2.75, 3.05) is 13.1 Å². The monoisotopic (exact) mass is 290 g/mol. The molecular formula is C17H26N2O2. The molecule has 1 aliphatic heterocycles. The third-order valence-electron chi connectivity index (χ3n) is 4.88. The molecule has 0 bridgehead atoms. The van der Waals surface area contributed by atoms with Crippen LogP contribution in [0.3, 0.4) is 0 Å². The Morgan fingerprint density at radius 2 is 2.05 bits per heavy atom. The van der Waals surface area contributed by atoms with Crippen LogP contribution in [0.2, 0.25) is 0 Å². The summed E-state index contributed by atoms with van der Waals surface area (Å²) < 4.78 is 2.05. The minimum Gasteiger partial charge on any atom is -0.388 e. The SMILES string of the molecule is CC1(C)Cc2c(ccn2CC(=O)N2CCCCC2)C(O)C1. The van der Waals surface area contributed by atoms with Gasteiger partial charge in [-0.15, -0.1) is 0 Å². The molecule has 1 aromatic rings. The molecule has 0 saturated carbocycles. The van der Waals surface area contributed by atoms with Crippen LogP contribution < -0.4 is 0 Å². The van der Waals surface area contributed by atoms with Crippen molar-refractivity contribution in [2.45, 2.75) is 58.6 Å². The lowest BCUT2D eigenvalue weighted by Crippen LogP contribution is -2.38. The Hall–Kier alpha value is -1.29. The maximum atomic E-state index is 12.4. The molecule has 4 nitrogen and oxygen atoms in total. The highest BCUT2D eigenvalue weighted by Gasteiger charge is 2.33. The van der Waals surface area contributed by atoms with Crippen LogP contribution in [0.5, 0.6) is 0 Å². The van der Waals surface area contributed by atoms with Crippen LogP contribution in [0.4, 0.5) is 0 Å². The fourth-order valence-electron chi connectivity index (χ4n) is 3.73. The number of piperidine rings is 1. The second-order valence-electron chi connectivity index (χ2n) is 7.35. The van der Waals surface area contributed by atoms with E-state index in [2.05, 4.69) is 18.4 Å². The molecule has 2 aliphatic rings. The maximum absolute atomic E-state index is 12.4. The van der Waals surface area contributed by atoms with Crippen LogP contribution in [-0.4, -0.2) is 33.6 Å². The molecule has 116 valence electrons. The van der Waals surface area contributed by atoms with E-state index in [9.17, 15) is 9.90 Å². The Morgan fingerprint density at radius 3 is 2.76 bits per heavy atom. The van der Waals surface area contributed by atoms with Crippen LogP contribution in [-0.2, 0) is 17.8 Å². The minimum absolute atomic E-state index is 0.0939. The van der Waals surface area contributed by atoms with Gasteiger partial charge < -0.3 is 14.6 Å². The van der Waals surface area contributed by atoms with E-state index in [1.165, 1.54) is 6.42 Å². The largest absolute Gasteiger partial charge is 0.388 e. The van der Waals surface area contributed by atoms with Gasteiger partial charge in [-0.25, -0.2) is 0 Å². The van der Waals surface area contributed by atoms with Crippen molar-refractivity contribution >= 4 is 5.91 Å². The van der Waals surface area contributed by atoms with E-state index in [0.717, 1.165) is 50.0 Å². The second-order valence-corrected chi connectivity index (χ2v) is 7.35. The van der Waals surface area contributed by atoms with E-state index in [-0.39, 0.29) is 11.3 Å². The molecule has 1 atom stereocenters. The number of rotatable bonds is 2. The van der Waals surface area contributed by atoms with Crippen molar-refractivity contribution in [3.05, 3.63) is 23.5 Å². The summed E-state index contributed by atoms with van der Waals surface area (Å²) in [6, 6.07) is 1.98. The van der Waals surface area contributed by atoms with Gasteiger partial charge in [0.05, 0.1) is 6.10 Å². The third kappa shape index (κ3) is 3.00. The summed E-state index contributed by atoms with van der Waals surface area (Å²) in [5, 5.41) is 10.3. The molecule has 0 aromatic carbocycles. The van der Waals surface area contributed by atoms with Crippen molar-refractivity contribution in [3.8, 4) is 0 Å². The van der Waals surface area contributed by atoms with Crippen molar-refractivity contribution in [3.63, 3.8) is 0 Å². The fraction of sp³-hybridized carbons (Fsp3) is 0.706. The number of hydrogen-bond donors (Lipinski definition) is 1. The van der Waals surface area contributed by atoms with Gasteiger partial charge in [-0.2, -0.15) is 0 Å². The Labute approximate surface area is 126 Å². The summed E-state index contributed by atoms with van der Waals surface area (Å²) in [6.45, 7) is 6.58. The number of likely N-dealkylation sites (tertiary alicyclic amines) is 1. The Balaban J connectivity index is 1.76. The quantitative estimate of drug-likeness (QED) is 0.909. The van der Waals surface area contributed by atoms with E-state index in [1.54, 1.807) is 0 Å². The zero-order chi connectivity index (χ0) is 15.0. The van der Waals surface area contributed by atoms with Crippen molar-refractivity contribution in [1.29, 1.82) is 0 Å². The first-order valence-corrected chi connectivity index (χ1v) is 8.10. The number of amides is 1. The average molecular weight is 290 g/mol. The molecule has 1 aliphatic carbocycles. The number of nitrogens with zero attached hydrogens (tertiary/aromatic N) is 2. The summed E-state index contributed by atoms with van der Waals surface area (Å²) in [5.74, 6) is 0.214. The van der Waals surface area contributed by atoms with Gasteiger partial charge in [-0.05, 0) is 43.6 Å². The van der Waals surface area contributed by atoms with E-state index in [4.69, 9.17) is 0 Å². The third-order valence-corrected chi connectivity index (χ3v) is 4.88. The van der Waals surface area contributed by atoms with Crippen LogP contribution in [0.1, 0.15) is 56.9 Å². The van der Waals surface area contributed by atoms with Gasteiger partial charge in [0.1, 0.15) is 6.54 Å². The number of aliphatic hydroxyl groups excluding tert-OH is 1. The standard InChI is InChI=1S/C17H26N2O2/c1-17(2)10-14-13(15(20)11-17)6-9-19(14)12-16(21)18-7-4-3-5-8-18/h6,9,15,20H,3-5,7-8,10-12H2,1-2H3. The summed E-state index contributed by atoms with van der Waals surface area (Å²) in [7, 11) is 0. The lowest BCUT2D eigenvalue weighted by molar-refractivity contribution is -0.132. The van der Waals surface area contributed by atoms with Crippen molar-refractivity contribution < 1.29 is 9.90 Å². The highest BCUT2D eigenvalue weighted by atomic mass is 16.3. The minimum atomic E-state index is -0.393. The topological polar surface area (TPSA) is 45.5 Å². The number of aromatic nitrogens is 1. The van der Waals surface area contributed by atoms with Gasteiger partial charge in [-0.3, -0.25) is 4.79 Å². The Bertz CT molecular complexity index is 527. The number of hydrogen-bond acceptors (Lipinski definition) is 2. The van der Waals surface area contributed by atoms with E-state index < -0.39 is 6.10 Å². The summed E-state index contributed by atoms with van der Waals surface area (Å²) in [4.78, 5) is 14.4. The molecule has 2 heterocycles. The average Bonchev–Trinajstić information content (AvgIpc) is 2.81. The van der Waals surface area contributed by atoms with Crippen molar-refractivity contribution in [2.24, 2.45) is 5.41 Å². The van der Waals surface area contributed by atoms with Crippen LogP contribution >= 0.6 is 0 Å². The predicted molar refractivity (Wildman–Crippen MR) is 81.9 cm³/mol. The lowest BCUT2D eigenvalue weighted by Gasteiger charge is -2.34. The van der Waals surface area contributed by atoms with E-state index in [1.807, 2.05) is 17.2 Å². The highest BCUT2D eigenvalue weighted by Crippen LogP contribution is 2.41. The van der Waals surface area contributed by atoms with Crippen LogP contribution in [0, 0.1) is 5.41 Å². The first kappa shape index (κ1) is 14.6. The summed E-state index contributed by atoms with van der Waals surface area (Å²) in [5.41, 5.74) is 2.25. The molecular weight excluding hydrogens is 264 g/mol. The molecule has 1 amide bonds. The molecule has 0 spiro atoms. The molecule has 21 heavy (non-hydrogen) atoms. The van der Waals surface area contributed by atoms with Gasteiger partial charge in [0, 0.05) is 30.5 Å². The molecule has 1 N–H and O–H groups in total. The molecule has 1 fully saturated rings. The fourth-order valence-corrected chi connectivity index (χ4v) is 3.73. The Morgan fingerprint density at radius 1 is 1.33 bits per heavy atom. The number of aliphatic hydroxyl groups is 1. The van der Waals surface area contributed by atoms with Gasteiger partial charge in [-0.1, -0.05) is 13.8 Å². The smallest absolute Gasteiger partial charge is 0.242 e. The van der Waals surface area contributed by atoms with Crippen molar-refractivity contribution in [1.82, 2.24) is 9.47 Å². The first-order valence-electron chi connectivity index (χ1n) is 8.10. The summed E-state index contributed by atoms with van der Waals surface area (Å²) in [6.07, 6.45) is 6.79. The molecule has 1 saturated heterocycles. The molecule has 3 rings (SSSR count). The number of fused-ring (bicyclic) bond motifs is 1. The zero-order valence-electron chi connectivity index (χ0n) is 13.1. The number of carbonyl (C=O) groups is 1. The zero-order valence-corrected chi connectivity index (χ0v) is 13.1. The second kappa shape index (κ2) is 5.48. The predicted octanol–water partition coefficient (Wildman–Crippen LogP) is 2.51. The van der Waals surface area contributed by atoms with Gasteiger partial charge in [0.2, 0.25) is 5.91 Å². The highest BCUT2D eigenvalue weighted by molar-refractivity contribution is 5.76. The molecule has 1 aromatic heterocycles. The summed E-state index contributed by atoms with van der Waals surface area (Å²) >= 11 is 0. The number of carbonyl (C=O) groups excluding carboxylic acids is 1. The van der Waals surface area contributed by atoms with Crippen LogP contribution in [0.25, 0.3) is 0 Å². The van der Waals surface area contributed by atoms with Gasteiger partial charge >= 0.3 is 0 Å².